The summed E-state index contributed by atoms with van der Waals surface area (Å²) in [5, 5.41) is 13.9. The highest BCUT2D eigenvalue weighted by Gasteiger charge is 2.45. The number of nitrogens with one attached hydrogen (secondary N) is 5. The van der Waals surface area contributed by atoms with Crippen LogP contribution in [-0.4, -0.2) is 98.4 Å². The van der Waals surface area contributed by atoms with Gasteiger partial charge in [0.1, 0.15) is 23.7 Å². The van der Waals surface area contributed by atoms with Crippen molar-refractivity contribution in [2.24, 2.45) is 11.1 Å². The Morgan fingerprint density at radius 2 is 1.83 bits per heavy atom. The van der Waals surface area contributed by atoms with Gasteiger partial charge in [0, 0.05) is 62.3 Å². The number of piperidine rings is 1. The minimum atomic E-state index is -1.36. The zero-order chi connectivity index (χ0) is 41.5. The van der Waals surface area contributed by atoms with Crippen LogP contribution in [-0.2, 0) is 59.3 Å². The van der Waals surface area contributed by atoms with Crippen LogP contribution in [0.1, 0.15) is 41.7 Å². The number of furan rings is 1. The fourth-order valence-corrected chi connectivity index (χ4v) is 7.34. The molecule has 0 unspecified atom stereocenters. The molecule has 6 amide bonds. The van der Waals surface area contributed by atoms with E-state index < -0.39 is 58.8 Å². The summed E-state index contributed by atoms with van der Waals surface area (Å²) in [6, 6.07) is 12.7. The van der Waals surface area contributed by atoms with Crippen LogP contribution in [0.4, 0.5) is 4.39 Å². The highest BCUT2D eigenvalue weighted by atomic mass is 79.9. The monoisotopic (exact) mass is 865 g/mol. The average Bonchev–Trinajstić information content (AvgIpc) is 3.72. The first kappa shape index (κ1) is 43.7. The van der Waals surface area contributed by atoms with Crippen LogP contribution in [0.5, 0.6) is 0 Å². The molecule has 0 spiro atoms. The largest absolute Gasteiger partial charge is 0.469 e. The second-order valence-electron chi connectivity index (χ2n) is 14.3. The van der Waals surface area contributed by atoms with Crippen molar-refractivity contribution in [1.82, 2.24) is 31.5 Å². The molecule has 2 aliphatic rings. The average molecular weight is 867 g/mol. The van der Waals surface area contributed by atoms with E-state index >= 15 is 4.39 Å². The zero-order valence-corrected chi connectivity index (χ0v) is 33.6. The van der Waals surface area contributed by atoms with Crippen LogP contribution in [0.25, 0.3) is 0 Å². The van der Waals surface area contributed by atoms with Crippen molar-refractivity contribution in [2.75, 3.05) is 45.9 Å². The van der Waals surface area contributed by atoms with E-state index in [1.807, 2.05) is 0 Å². The van der Waals surface area contributed by atoms with Gasteiger partial charge in [0.05, 0.1) is 31.3 Å². The predicted molar refractivity (Wildman–Crippen MR) is 214 cm³/mol. The first-order valence-electron chi connectivity index (χ1n) is 19.2. The minimum Gasteiger partial charge on any atom is -0.469 e. The number of amides is 6. The lowest BCUT2D eigenvalue weighted by molar-refractivity contribution is -0.141. The van der Waals surface area contributed by atoms with Crippen molar-refractivity contribution in [1.29, 1.82) is 0 Å². The maximum absolute atomic E-state index is 15.4. The number of fused-ring (bicyclic) bond motifs is 3. The first-order chi connectivity index (χ1) is 28.0. The molecule has 3 aromatic rings. The molecular weight excluding hydrogens is 817 g/mol. The topological polar surface area (TPSA) is 214 Å². The van der Waals surface area contributed by atoms with E-state index in [1.54, 1.807) is 48.5 Å². The van der Waals surface area contributed by atoms with E-state index in [1.165, 1.54) is 17.2 Å². The Hall–Kier alpha value is -5.39. The summed E-state index contributed by atoms with van der Waals surface area (Å²) in [4.78, 5) is 83.0. The molecule has 2 aromatic carbocycles. The molecule has 3 heterocycles. The number of hydrogen-bond acceptors (Lipinski definition) is 9. The number of ether oxygens (including phenoxy) is 1. The van der Waals surface area contributed by atoms with Gasteiger partial charge < -0.3 is 46.4 Å². The molecule has 2 bridgehead atoms. The van der Waals surface area contributed by atoms with Crippen LogP contribution < -0.4 is 32.3 Å². The predicted octanol–water partition coefficient (Wildman–Crippen LogP) is 1.57. The first-order valence-corrected chi connectivity index (χ1v) is 20.0. The molecule has 310 valence electrons. The fourth-order valence-electron chi connectivity index (χ4n) is 7.01. The van der Waals surface area contributed by atoms with E-state index in [0.29, 0.717) is 40.9 Å². The molecule has 58 heavy (non-hydrogen) atoms. The zero-order valence-electron chi connectivity index (χ0n) is 32.0. The van der Waals surface area contributed by atoms with Crippen molar-refractivity contribution < 1.29 is 42.3 Å². The van der Waals surface area contributed by atoms with Crippen molar-refractivity contribution >= 4 is 51.4 Å². The molecule has 1 saturated heterocycles. The highest BCUT2D eigenvalue weighted by molar-refractivity contribution is 9.10. The summed E-state index contributed by atoms with van der Waals surface area (Å²) in [5.74, 6) is -3.33. The van der Waals surface area contributed by atoms with Gasteiger partial charge in [-0.3, -0.25) is 28.8 Å². The summed E-state index contributed by atoms with van der Waals surface area (Å²) in [5.41, 5.74) is 5.56. The molecule has 0 aliphatic carbocycles. The summed E-state index contributed by atoms with van der Waals surface area (Å²) < 4.78 is 26.8. The van der Waals surface area contributed by atoms with E-state index in [9.17, 15) is 28.8 Å². The second-order valence-corrected chi connectivity index (χ2v) is 15.2. The van der Waals surface area contributed by atoms with Crippen LogP contribution in [0, 0.1) is 11.2 Å². The van der Waals surface area contributed by atoms with Crippen LogP contribution in [0.2, 0.25) is 0 Å². The normalized spacial score (nSPS) is 21.9. The number of nitrogens with two attached hydrogens (primary N) is 1. The number of nitrogens with zero attached hydrogens (tertiary/aromatic N) is 1. The Morgan fingerprint density at radius 3 is 2.59 bits per heavy atom. The Labute approximate surface area is 344 Å². The SMILES string of the molecule is NCCOCCNC(=O)[C@@H]1CCNC(=O)/C=C/C(=O)N2CCC[C@@](Cc3ccc(Br)cc3F)(C2)C(=O)N[C@@H](Cc2ccco2)C(=O)NCc2ccccc2CC(=O)N1. The molecule has 3 atom stereocenters. The summed E-state index contributed by atoms with van der Waals surface area (Å²) >= 11 is 3.28. The quantitative estimate of drug-likeness (QED) is 0.163. The molecule has 7 N–H and O–H groups in total. The van der Waals surface area contributed by atoms with E-state index in [0.717, 1.165) is 12.2 Å². The highest BCUT2D eigenvalue weighted by Crippen LogP contribution is 2.36. The third-order valence-electron chi connectivity index (χ3n) is 10.0. The number of carbonyl (C=O) groups excluding carboxylic acids is 6. The van der Waals surface area contributed by atoms with Gasteiger partial charge in [-0.2, -0.15) is 0 Å². The number of rotatable bonds is 10. The molecule has 1 aromatic heterocycles. The molecule has 2 aliphatic heterocycles. The Kier molecular flexibility index (Phi) is 16.1. The van der Waals surface area contributed by atoms with Gasteiger partial charge in [-0.25, -0.2) is 4.39 Å². The maximum atomic E-state index is 15.4. The second kappa shape index (κ2) is 21.4. The Morgan fingerprint density at radius 1 is 1.02 bits per heavy atom. The third kappa shape index (κ3) is 12.6. The van der Waals surface area contributed by atoms with Crippen LogP contribution in [0.3, 0.4) is 0 Å². The third-order valence-corrected chi connectivity index (χ3v) is 10.5. The molecule has 0 saturated carbocycles. The Bertz CT molecular complexity index is 1960. The number of benzene rings is 2. The number of hydrogen-bond donors (Lipinski definition) is 6. The van der Waals surface area contributed by atoms with Crippen molar-refractivity contribution in [3.63, 3.8) is 0 Å². The smallest absolute Gasteiger partial charge is 0.246 e. The van der Waals surface area contributed by atoms with Crippen molar-refractivity contribution in [3.8, 4) is 0 Å². The van der Waals surface area contributed by atoms with E-state index in [2.05, 4.69) is 42.5 Å². The van der Waals surface area contributed by atoms with Gasteiger partial charge in [0.25, 0.3) is 0 Å². The molecule has 17 heteroatoms. The van der Waals surface area contributed by atoms with Crippen molar-refractivity contribution in [2.45, 2.75) is 57.2 Å². The van der Waals surface area contributed by atoms with Crippen molar-refractivity contribution in [3.05, 3.63) is 106 Å². The van der Waals surface area contributed by atoms with Gasteiger partial charge in [0.15, 0.2) is 0 Å². The van der Waals surface area contributed by atoms with Gasteiger partial charge >= 0.3 is 0 Å². The van der Waals surface area contributed by atoms with Crippen LogP contribution >= 0.6 is 15.9 Å². The summed E-state index contributed by atoms with van der Waals surface area (Å²) in [7, 11) is 0. The fraction of sp³-hybridized carbons (Fsp3) is 0.415. The minimum absolute atomic E-state index is 0.00454. The lowest BCUT2D eigenvalue weighted by Gasteiger charge is -2.42. The summed E-state index contributed by atoms with van der Waals surface area (Å²) in [6.07, 6.45) is 4.07. The number of carbonyl (C=O) groups is 6. The van der Waals surface area contributed by atoms with Gasteiger partial charge in [-0.05, 0) is 66.6 Å². The van der Waals surface area contributed by atoms with Gasteiger partial charge in [-0.15, -0.1) is 0 Å². The number of halogens is 2. The molecule has 0 radical (unpaired) electrons. The molecular formula is C41H49BrFN7O8. The molecule has 1 fully saturated rings. The van der Waals surface area contributed by atoms with Gasteiger partial charge in [0.2, 0.25) is 35.4 Å². The molecule has 5 rings (SSSR count). The lowest BCUT2D eigenvalue weighted by atomic mass is 9.73. The standard InChI is InChI=1S/C41H49BrFN7O8/c42-30-9-8-28(32(43)22-30)24-41-13-4-17-50(26-41)37(53)11-10-35(51)45-15-12-33(38(54)46-16-20-57-19-14-44)48-36(52)21-27-5-1-2-6-29(27)25-47-39(55)34(49-40(41)56)23-31-7-3-18-58-31/h1-3,5-11,18,22,33-34H,4,12-17,19-21,23-26,44H2,(H,45,51)(H,46,54)(H,47,55)(H,48,52)(H,49,56)/b11-10+/t33-,34-,41+/m0/s1. The Balaban J connectivity index is 1.45. The van der Waals surface area contributed by atoms with E-state index in [-0.39, 0.29) is 77.0 Å². The molecule has 15 nitrogen and oxygen atoms in total. The maximum Gasteiger partial charge on any atom is 0.246 e. The lowest BCUT2D eigenvalue weighted by Crippen LogP contribution is -2.58. The van der Waals surface area contributed by atoms with Crippen LogP contribution in [0.15, 0.2) is 81.9 Å². The summed E-state index contributed by atoms with van der Waals surface area (Å²) in [6.45, 7) is 1.16. The van der Waals surface area contributed by atoms with E-state index in [4.69, 9.17) is 14.9 Å². The van der Waals surface area contributed by atoms with Gasteiger partial charge in [-0.1, -0.05) is 46.3 Å².